The van der Waals surface area contributed by atoms with E-state index in [4.69, 9.17) is 4.74 Å². The maximum absolute atomic E-state index is 6.03. The van der Waals surface area contributed by atoms with E-state index in [1.54, 1.807) is 11.9 Å². The van der Waals surface area contributed by atoms with Gasteiger partial charge in [0.05, 0.1) is 17.9 Å². The van der Waals surface area contributed by atoms with Gasteiger partial charge in [-0.25, -0.2) is 0 Å². The molecule has 120 valence electrons. The van der Waals surface area contributed by atoms with Crippen molar-refractivity contribution >= 4 is 23.3 Å². The van der Waals surface area contributed by atoms with E-state index >= 15 is 0 Å². The Hall–Kier alpha value is -1.85. The van der Waals surface area contributed by atoms with Crippen molar-refractivity contribution in [1.82, 2.24) is 5.32 Å². The van der Waals surface area contributed by atoms with E-state index in [9.17, 15) is 0 Å². The number of hydrogen-bond donors (Lipinski definition) is 1. The van der Waals surface area contributed by atoms with Crippen LogP contribution in [0.3, 0.4) is 0 Å². The number of rotatable bonds is 3. The van der Waals surface area contributed by atoms with Crippen molar-refractivity contribution in [3.8, 4) is 5.75 Å². The minimum absolute atomic E-state index is 0.670. The quantitative estimate of drug-likeness (QED) is 0.875. The number of nitrogens with one attached hydrogen (secondary N) is 1. The van der Waals surface area contributed by atoms with Crippen LogP contribution in [0, 0.1) is 0 Å². The number of benzene rings is 2. The summed E-state index contributed by atoms with van der Waals surface area (Å²) < 4.78 is 8.38. The Kier molecular flexibility index (Phi) is 4.30. The molecule has 0 spiro atoms. The van der Waals surface area contributed by atoms with E-state index in [2.05, 4.69) is 63.1 Å². The van der Waals surface area contributed by atoms with Crippen LogP contribution in [0.5, 0.6) is 5.75 Å². The number of hydrogen-bond acceptors (Lipinski definition) is 5. The van der Waals surface area contributed by atoms with E-state index in [1.165, 1.54) is 16.9 Å². The summed E-state index contributed by atoms with van der Waals surface area (Å²) in [5, 5.41) is 3.41. The molecule has 1 fully saturated rings. The number of piperazine rings is 1. The summed E-state index contributed by atoms with van der Waals surface area (Å²) in [5.41, 5.74) is 3.73. The molecular weight excluding hydrogens is 306 g/mol. The average Bonchev–Trinajstić information content (AvgIpc) is 2.63. The van der Waals surface area contributed by atoms with Gasteiger partial charge >= 0.3 is 0 Å². The molecule has 4 nitrogen and oxygen atoms in total. The van der Waals surface area contributed by atoms with Crippen LogP contribution >= 0.6 is 11.9 Å². The van der Waals surface area contributed by atoms with E-state index in [0.717, 1.165) is 38.5 Å². The Labute approximate surface area is 141 Å². The standard InChI is InChI=1S/C18H21N3OS/c1-2-5-15(6-3-1)13-21-17-8-4-7-16(18(17)22-14-23-21)20-11-9-19-10-12-20/h1-8,19H,9-14H2. The summed E-state index contributed by atoms with van der Waals surface area (Å²) in [6.45, 7) is 5.03. The van der Waals surface area contributed by atoms with Crippen molar-refractivity contribution in [1.29, 1.82) is 0 Å². The van der Waals surface area contributed by atoms with Gasteiger partial charge in [-0.1, -0.05) is 36.4 Å². The minimum atomic E-state index is 0.670. The van der Waals surface area contributed by atoms with Crippen LogP contribution < -0.4 is 19.3 Å². The predicted octanol–water partition coefficient (Wildman–Crippen LogP) is 3.10. The molecule has 0 unspecified atom stereocenters. The van der Waals surface area contributed by atoms with E-state index < -0.39 is 0 Å². The smallest absolute Gasteiger partial charge is 0.168 e. The van der Waals surface area contributed by atoms with Crippen LogP contribution in [0.2, 0.25) is 0 Å². The molecule has 1 N–H and O–H groups in total. The number of fused-ring (bicyclic) bond motifs is 1. The second-order valence-electron chi connectivity index (χ2n) is 5.78. The highest BCUT2D eigenvalue weighted by Crippen LogP contribution is 2.44. The van der Waals surface area contributed by atoms with Crippen LogP contribution in [0.15, 0.2) is 48.5 Å². The third kappa shape index (κ3) is 3.12. The highest BCUT2D eigenvalue weighted by atomic mass is 32.2. The molecule has 2 aliphatic heterocycles. The predicted molar refractivity (Wildman–Crippen MR) is 97.2 cm³/mol. The zero-order valence-electron chi connectivity index (χ0n) is 13.1. The zero-order valence-corrected chi connectivity index (χ0v) is 13.9. The molecule has 0 saturated carbocycles. The molecule has 2 aliphatic rings. The Balaban J connectivity index is 1.63. The van der Waals surface area contributed by atoms with E-state index in [0.29, 0.717) is 5.94 Å². The number of ether oxygens (including phenoxy) is 1. The first-order chi connectivity index (χ1) is 11.4. The fourth-order valence-corrected chi connectivity index (χ4v) is 3.93. The average molecular weight is 327 g/mol. The van der Waals surface area contributed by atoms with Crippen LogP contribution in [0.25, 0.3) is 0 Å². The van der Waals surface area contributed by atoms with E-state index in [1.807, 2.05) is 0 Å². The van der Waals surface area contributed by atoms with Gasteiger partial charge in [0, 0.05) is 26.2 Å². The van der Waals surface area contributed by atoms with Crippen molar-refractivity contribution < 1.29 is 4.74 Å². The molecule has 0 aliphatic carbocycles. The summed E-state index contributed by atoms with van der Waals surface area (Å²) in [7, 11) is 0. The molecular formula is C18H21N3OS. The van der Waals surface area contributed by atoms with Crippen molar-refractivity contribution in [3.63, 3.8) is 0 Å². The third-order valence-corrected chi connectivity index (χ3v) is 5.14. The van der Waals surface area contributed by atoms with Gasteiger partial charge in [0.25, 0.3) is 0 Å². The highest BCUT2D eigenvalue weighted by Gasteiger charge is 2.24. The molecule has 0 bridgehead atoms. The minimum Gasteiger partial charge on any atom is -0.477 e. The first kappa shape index (κ1) is 14.7. The summed E-state index contributed by atoms with van der Waals surface area (Å²) in [4.78, 5) is 2.42. The highest BCUT2D eigenvalue weighted by molar-refractivity contribution is 8.00. The number of nitrogens with zero attached hydrogens (tertiary/aromatic N) is 2. The second-order valence-corrected chi connectivity index (χ2v) is 6.71. The molecule has 0 aromatic heterocycles. The third-order valence-electron chi connectivity index (χ3n) is 4.28. The fourth-order valence-electron chi connectivity index (χ4n) is 3.11. The fraction of sp³-hybridized carbons (Fsp3) is 0.333. The van der Waals surface area contributed by atoms with Gasteiger partial charge in [-0.15, -0.1) is 0 Å². The Morgan fingerprint density at radius 3 is 2.57 bits per heavy atom. The molecule has 0 atom stereocenters. The van der Waals surface area contributed by atoms with Gasteiger partial charge in [0.1, 0.15) is 0 Å². The first-order valence-electron chi connectivity index (χ1n) is 8.08. The lowest BCUT2D eigenvalue weighted by Gasteiger charge is -2.35. The first-order valence-corrected chi connectivity index (χ1v) is 9.02. The molecule has 4 rings (SSSR count). The second kappa shape index (κ2) is 6.72. The molecule has 5 heteroatoms. The van der Waals surface area contributed by atoms with Gasteiger partial charge in [0.15, 0.2) is 11.7 Å². The Morgan fingerprint density at radius 2 is 1.74 bits per heavy atom. The van der Waals surface area contributed by atoms with Crippen molar-refractivity contribution in [2.45, 2.75) is 6.54 Å². The Bertz CT molecular complexity index is 659. The topological polar surface area (TPSA) is 27.7 Å². The molecule has 2 aromatic carbocycles. The Morgan fingerprint density at radius 1 is 0.957 bits per heavy atom. The molecule has 0 amide bonds. The molecule has 23 heavy (non-hydrogen) atoms. The lowest BCUT2D eigenvalue weighted by atomic mass is 10.2. The van der Waals surface area contributed by atoms with Crippen LogP contribution in [-0.4, -0.2) is 32.1 Å². The van der Waals surface area contributed by atoms with Gasteiger partial charge < -0.3 is 19.3 Å². The van der Waals surface area contributed by atoms with Gasteiger partial charge in [0.2, 0.25) is 0 Å². The van der Waals surface area contributed by atoms with Crippen LogP contribution in [-0.2, 0) is 6.54 Å². The maximum Gasteiger partial charge on any atom is 0.168 e. The van der Waals surface area contributed by atoms with Crippen LogP contribution in [0.4, 0.5) is 11.4 Å². The summed E-state index contributed by atoms with van der Waals surface area (Å²) in [5.74, 6) is 1.70. The molecule has 2 aromatic rings. The lowest BCUT2D eigenvalue weighted by molar-refractivity contribution is 0.387. The summed E-state index contributed by atoms with van der Waals surface area (Å²) >= 11 is 1.74. The number of anilines is 2. The summed E-state index contributed by atoms with van der Waals surface area (Å²) in [6.07, 6.45) is 0. The van der Waals surface area contributed by atoms with Crippen molar-refractivity contribution in [2.24, 2.45) is 0 Å². The normalized spacial score (nSPS) is 17.6. The SMILES string of the molecule is c1ccc(CN2SCOc3c(N4CCNCC4)cccc32)cc1. The maximum atomic E-state index is 6.03. The summed E-state index contributed by atoms with van der Waals surface area (Å²) in [6, 6.07) is 17.1. The van der Waals surface area contributed by atoms with Crippen molar-refractivity contribution in [3.05, 3.63) is 54.1 Å². The van der Waals surface area contributed by atoms with Gasteiger partial charge in [-0.3, -0.25) is 0 Å². The van der Waals surface area contributed by atoms with Gasteiger partial charge in [-0.2, -0.15) is 0 Å². The van der Waals surface area contributed by atoms with Gasteiger partial charge in [-0.05, 0) is 29.6 Å². The monoisotopic (exact) mass is 327 g/mol. The molecule has 2 heterocycles. The lowest BCUT2D eigenvalue weighted by Crippen LogP contribution is -2.43. The molecule has 0 radical (unpaired) electrons. The number of para-hydroxylation sites is 1. The van der Waals surface area contributed by atoms with Crippen LogP contribution in [0.1, 0.15) is 5.56 Å². The zero-order chi connectivity index (χ0) is 15.5. The van der Waals surface area contributed by atoms with Crippen molar-refractivity contribution in [2.75, 3.05) is 41.3 Å². The van der Waals surface area contributed by atoms with E-state index in [-0.39, 0.29) is 0 Å². The molecule has 1 saturated heterocycles. The largest absolute Gasteiger partial charge is 0.477 e.